The highest BCUT2D eigenvalue weighted by Gasteiger charge is 2.24. The summed E-state index contributed by atoms with van der Waals surface area (Å²) in [5, 5.41) is 3.68. The summed E-state index contributed by atoms with van der Waals surface area (Å²) in [6.45, 7) is 6.97. The van der Waals surface area contributed by atoms with Crippen molar-refractivity contribution in [2.45, 2.75) is 64.5 Å². The summed E-state index contributed by atoms with van der Waals surface area (Å²) in [6, 6.07) is 11.7. The molecule has 4 nitrogen and oxygen atoms in total. The number of hydrogen-bond acceptors (Lipinski definition) is 4. The molecule has 1 unspecified atom stereocenters. The summed E-state index contributed by atoms with van der Waals surface area (Å²) in [7, 11) is 4.32. The molecule has 1 fully saturated rings. The van der Waals surface area contributed by atoms with Crippen LogP contribution in [0.15, 0.2) is 36.5 Å². The van der Waals surface area contributed by atoms with E-state index in [1.54, 1.807) is 5.56 Å². The number of piperidine rings is 1. The maximum Gasteiger partial charge on any atom is 0.0435 e. The van der Waals surface area contributed by atoms with E-state index in [4.69, 9.17) is 0 Å². The number of aryl methyl sites for hydroxylation is 2. The first-order chi connectivity index (χ1) is 15.1. The molecule has 0 amide bonds. The third-order valence-electron chi connectivity index (χ3n) is 7.08. The minimum Gasteiger partial charge on any atom is -0.371 e. The number of rotatable bonds is 3. The average Bonchev–Trinajstić information content (AvgIpc) is 2.79. The lowest BCUT2D eigenvalue weighted by Gasteiger charge is -2.36. The van der Waals surface area contributed by atoms with Crippen LogP contribution in [0, 0.1) is 5.92 Å². The van der Waals surface area contributed by atoms with Crippen LogP contribution in [0.25, 0.3) is 0 Å². The van der Waals surface area contributed by atoms with Crippen LogP contribution in [0.1, 0.15) is 55.0 Å². The van der Waals surface area contributed by atoms with Crippen molar-refractivity contribution in [1.29, 1.82) is 0 Å². The molecule has 1 N–H and O–H groups in total. The second-order valence-corrected chi connectivity index (χ2v) is 9.94. The summed E-state index contributed by atoms with van der Waals surface area (Å²) >= 11 is 0. The lowest BCUT2D eigenvalue weighted by atomic mass is 9.91. The van der Waals surface area contributed by atoms with Crippen LogP contribution in [0.3, 0.4) is 0 Å². The first kappa shape index (κ1) is 22.3. The number of aromatic nitrogens is 1. The molecule has 2 aliphatic heterocycles. The highest BCUT2D eigenvalue weighted by Crippen LogP contribution is 2.31. The van der Waals surface area contributed by atoms with Crippen molar-refractivity contribution >= 4 is 5.69 Å². The lowest BCUT2D eigenvalue weighted by molar-refractivity contribution is 0.326. The molecule has 5 rings (SSSR count). The molecule has 1 aliphatic carbocycles. The molecular weight excluding hydrogens is 380 g/mol. The van der Waals surface area contributed by atoms with Gasteiger partial charge in [-0.2, -0.15) is 0 Å². The number of benzene rings is 1. The highest BCUT2D eigenvalue weighted by atomic mass is 15.1. The third-order valence-corrected chi connectivity index (χ3v) is 7.08. The Hall–Kier alpha value is -1.91. The molecule has 1 atom stereocenters. The second kappa shape index (κ2) is 10.6. The van der Waals surface area contributed by atoms with Crippen LogP contribution < -0.4 is 10.2 Å². The number of likely N-dealkylation sites (N-methyl/N-ethyl adjacent to an activating group) is 1. The minimum atomic E-state index is 0.581. The SMILES string of the molecule is CC1CCN(c2cccc3c2CC(CN(C)C)NC3)CC1.c1cnc2c(c1)CCCC2. The van der Waals surface area contributed by atoms with Crippen molar-refractivity contribution in [2.75, 3.05) is 38.6 Å². The van der Waals surface area contributed by atoms with Gasteiger partial charge in [0.1, 0.15) is 0 Å². The van der Waals surface area contributed by atoms with Gasteiger partial charge in [0.2, 0.25) is 0 Å². The molecule has 3 aliphatic rings. The average molecular weight is 421 g/mol. The van der Waals surface area contributed by atoms with Crippen molar-refractivity contribution in [2.24, 2.45) is 5.92 Å². The van der Waals surface area contributed by atoms with Gasteiger partial charge in [-0.1, -0.05) is 25.1 Å². The van der Waals surface area contributed by atoms with Crippen LogP contribution in [0.4, 0.5) is 5.69 Å². The Morgan fingerprint density at radius 2 is 1.81 bits per heavy atom. The van der Waals surface area contributed by atoms with Crippen molar-refractivity contribution in [1.82, 2.24) is 15.2 Å². The van der Waals surface area contributed by atoms with E-state index in [0.717, 1.165) is 25.4 Å². The number of hydrogen-bond donors (Lipinski definition) is 1. The summed E-state index contributed by atoms with van der Waals surface area (Å²) in [6.07, 6.45) is 10.8. The van der Waals surface area contributed by atoms with E-state index in [1.807, 2.05) is 12.3 Å². The zero-order valence-corrected chi connectivity index (χ0v) is 19.7. The first-order valence-electron chi connectivity index (χ1n) is 12.3. The molecular formula is C27H40N4. The van der Waals surface area contributed by atoms with Gasteiger partial charge in [-0.15, -0.1) is 0 Å². The maximum absolute atomic E-state index is 4.32. The first-order valence-corrected chi connectivity index (χ1v) is 12.3. The van der Waals surface area contributed by atoms with E-state index in [1.165, 1.54) is 74.1 Å². The van der Waals surface area contributed by atoms with Crippen molar-refractivity contribution in [3.63, 3.8) is 0 Å². The van der Waals surface area contributed by atoms with Crippen molar-refractivity contribution in [3.05, 3.63) is 58.9 Å². The Labute approximate surface area is 189 Å². The number of fused-ring (bicyclic) bond motifs is 2. The van der Waals surface area contributed by atoms with Crippen molar-refractivity contribution < 1.29 is 0 Å². The predicted molar refractivity (Wildman–Crippen MR) is 131 cm³/mol. The van der Waals surface area contributed by atoms with Gasteiger partial charge in [0.25, 0.3) is 0 Å². The Morgan fingerprint density at radius 1 is 1.03 bits per heavy atom. The monoisotopic (exact) mass is 420 g/mol. The summed E-state index contributed by atoms with van der Waals surface area (Å²) in [5.41, 5.74) is 7.39. The predicted octanol–water partition coefficient (Wildman–Crippen LogP) is 4.46. The molecule has 1 aromatic carbocycles. The van der Waals surface area contributed by atoms with Crippen LogP contribution in [-0.2, 0) is 25.8 Å². The summed E-state index contributed by atoms with van der Waals surface area (Å²) < 4.78 is 0. The number of anilines is 1. The molecule has 1 saturated heterocycles. The molecule has 4 heteroatoms. The fourth-order valence-corrected chi connectivity index (χ4v) is 5.24. The van der Waals surface area contributed by atoms with Crippen LogP contribution in [0.2, 0.25) is 0 Å². The number of pyridine rings is 1. The van der Waals surface area contributed by atoms with Gasteiger partial charge < -0.3 is 15.1 Å². The number of nitrogens with zero attached hydrogens (tertiary/aromatic N) is 3. The Morgan fingerprint density at radius 3 is 2.58 bits per heavy atom. The van der Waals surface area contributed by atoms with E-state index >= 15 is 0 Å². The van der Waals surface area contributed by atoms with Gasteiger partial charge in [0.05, 0.1) is 0 Å². The Kier molecular flexibility index (Phi) is 7.62. The van der Waals surface area contributed by atoms with Crippen LogP contribution in [0.5, 0.6) is 0 Å². The zero-order valence-electron chi connectivity index (χ0n) is 19.7. The smallest absolute Gasteiger partial charge is 0.0435 e. The third kappa shape index (κ3) is 5.87. The molecule has 3 heterocycles. The Balaban J connectivity index is 0.000000192. The van der Waals surface area contributed by atoms with Gasteiger partial charge in [0, 0.05) is 49.8 Å². The van der Waals surface area contributed by atoms with Crippen molar-refractivity contribution in [3.8, 4) is 0 Å². The zero-order chi connectivity index (χ0) is 21.6. The molecule has 0 bridgehead atoms. The fraction of sp³-hybridized carbons (Fsp3) is 0.593. The normalized spacial score (nSPS) is 21.2. The maximum atomic E-state index is 4.32. The van der Waals surface area contributed by atoms with E-state index in [9.17, 15) is 0 Å². The van der Waals surface area contributed by atoms with E-state index in [2.05, 4.69) is 65.4 Å². The topological polar surface area (TPSA) is 31.4 Å². The van der Waals surface area contributed by atoms with Gasteiger partial charge in [-0.25, -0.2) is 0 Å². The number of nitrogens with one attached hydrogen (secondary N) is 1. The van der Waals surface area contributed by atoms with E-state index in [0.29, 0.717) is 6.04 Å². The Bertz CT molecular complexity index is 814. The molecule has 1 aromatic heterocycles. The summed E-state index contributed by atoms with van der Waals surface area (Å²) in [5.74, 6) is 0.893. The molecule has 0 radical (unpaired) electrons. The second-order valence-electron chi connectivity index (χ2n) is 9.94. The molecule has 31 heavy (non-hydrogen) atoms. The van der Waals surface area contributed by atoms with E-state index in [-0.39, 0.29) is 0 Å². The highest BCUT2D eigenvalue weighted by molar-refractivity contribution is 5.58. The quantitative estimate of drug-likeness (QED) is 0.794. The van der Waals surface area contributed by atoms with Gasteiger partial charge in [-0.05, 0) is 93.8 Å². The molecule has 0 spiro atoms. The molecule has 168 valence electrons. The van der Waals surface area contributed by atoms with E-state index < -0.39 is 0 Å². The van der Waals surface area contributed by atoms with Gasteiger partial charge in [-0.3, -0.25) is 4.98 Å². The lowest BCUT2D eigenvalue weighted by Crippen LogP contribution is -2.43. The molecule has 2 aromatic rings. The standard InChI is InChI=1S/C18H29N3.C9H11N/c1-14-7-9-21(10-8-14)18-6-4-5-15-12-19-16(11-17(15)18)13-20(2)3;1-2-6-9-8(4-1)5-3-7-10-9/h4-6,14,16,19H,7-13H2,1-3H3;3,5,7H,1-2,4,6H2. The van der Waals surface area contributed by atoms with Crippen LogP contribution in [-0.4, -0.2) is 49.7 Å². The van der Waals surface area contributed by atoms with Crippen LogP contribution >= 0.6 is 0 Å². The fourth-order valence-electron chi connectivity index (χ4n) is 5.24. The molecule has 0 saturated carbocycles. The summed E-state index contributed by atoms with van der Waals surface area (Å²) in [4.78, 5) is 9.23. The largest absolute Gasteiger partial charge is 0.371 e. The van der Waals surface area contributed by atoms with Gasteiger partial charge in [0.15, 0.2) is 0 Å². The van der Waals surface area contributed by atoms with Gasteiger partial charge >= 0.3 is 0 Å². The minimum absolute atomic E-state index is 0.581.